The lowest BCUT2D eigenvalue weighted by Gasteiger charge is -2.09. The van der Waals surface area contributed by atoms with Crippen LogP contribution in [0.4, 0.5) is 0 Å². The molecule has 0 bridgehead atoms. The largest absolute Gasteiger partial charge is 0.325 e. The third-order valence-electron chi connectivity index (χ3n) is 2.68. The minimum Gasteiger partial charge on any atom is -0.310 e. The van der Waals surface area contributed by atoms with Crippen molar-refractivity contribution in [2.75, 3.05) is 0 Å². The van der Waals surface area contributed by atoms with Gasteiger partial charge in [-0.05, 0) is 19.8 Å². The highest BCUT2D eigenvalue weighted by Crippen LogP contribution is 2.07. The Morgan fingerprint density at radius 2 is 2.08 bits per heavy atom. The standard InChI is InChI=1S/C10H18N2O/c1-5-7(2)6-12-9(4)8(3)11-10(12)13/h7H,5-6H2,1-4H3,(H,11,13). The number of H-pyrrole nitrogens is 1. The van der Waals surface area contributed by atoms with Crippen molar-refractivity contribution in [1.29, 1.82) is 0 Å². The van der Waals surface area contributed by atoms with Crippen LogP contribution in [0.25, 0.3) is 0 Å². The highest BCUT2D eigenvalue weighted by atomic mass is 16.1. The number of hydrogen-bond donors (Lipinski definition) is 1. The normalized spacial score (nSPS) is 13.2. The van der Waals surface area contributed by atoms with Crippen LogP contribution in [0.5, 0.6) is 0 Å². The van der Waals surface area contributed by atoms with Gasteiger partial charge in [0.25, 0.3) is 0 Å². The van der Waals surface area contributed by atoms with E-state index >= 15 is 0 Å². The van der Waals surface area contributed by atoms with Gasteiger partial charge in [-0.25, -0.2) is 4.79 Å². The van der Waals surface area contributed by atoms with Crippen LogP contribution < -0.4 is 5.69 Å². The Bertz CT molecular complexity index is 335. The predicted molar refractivity (Wildman–Crippen MR) is 54.0 cm³/mol. The Balaban J connectivity index is 2.94. The molecule has 1 unspecified atom stereocenters. The predicted octanol–water partition coefficient (Wildman–Crippen LogP) is 1.84. The number of aromatic amines is 1. The third-order valence-corrected chi connectivity index (χ3v) is 2.68. The maximum atomic E-state index is 11.4. The Kier molecular flexibility index (Phi) is 2.96. The summed E-state index contributed by atoms with van der Waals surface area (Å²) in [6.07, 6.45) is 1.11. The number of hydrogen-bond acceptors (Lipinski definition) is 1. The van der Waals surface area contributed by atoms with E-state index in [4.69, 9.17) is 0 Å². The molecule has 1 aromatic rings. The van der Waals surface area contributed by atoms with Crippen LogP contribution >= 0.6 is 0 Å². The summed E-state index contributed by atoms with van der Waals surface area (Å²) in [6, 6.07) is 0. The van der Waals surface area contributed by atoms with Gasteiger partial charge in [0.2, 0.25) is 0 Å². The van der Waals surface area contributed by atoms with E-state index in [0.717, 1.165) is 24.4 Å². The van der Waals surface area contributed by atoms with Crippen LogP contribution in [0.2, 0.25) is 0 Å². The summed E-state index contributed by atoms with van der Waals surface area (Å²) in [4.78, 5) is 14.2. The van der Waals surface area contributed by atoms with E-state index < -0.39 is 0 Å². The number of imidazole rings is 1. The van der Waals surface area contributed by atoms with Crippen LogP contribution in [0.1, 0.15) is 31.7 Å². The SMILES string of the molecule is CCC(C)Cn1c(C)c(C)[nH]c1=O. The fourth-order valence-corrected chi connectivity index (χ4v) is 1.33. The Labute approximate surface area is 78.8 Å². The molecule has 74 valence electrons. The summed E-state index contributed by atoms with van der Waals surface area (Å²) in [7, 11) is 0. The van der Waals surface area contributed by atoms with Crippen molar-refractivity contribution in [3.05, 3.63) is 21.9 Å². The van der Waals surface area contributed by atoms with Crippen molar-refractivity contribution >= 4 is 0 Å². The Morgan fingerprint density at radius 3 is 2.46 bits per heavy atom. The lowest BCUT2D eigenvalue weighted by atomic mass is 10.1. The highest BCUT2D eigenvalue weighted by molar-refractivity contribution is 5.08. The molecule has 0 aliphatic carbocycles. The minimum atomic E-state index is 0.0234. The molecule has 0 fully saturated rings. The molecule has 0 radical (unpaired) electrons. The lowest BCUT2D eigenvalue weighted by molar-refractivity contribution is 0.455. The van der Waals surface area contributed by atoms with Crippen LogP contribution in [0.3, 0.4) is 0 Å². The number of nitrogens with one attached hydrogen (secondary N) is 1. The van der Waals surface area contributed by atoms with Gasteiger partial charge in [-0.1, -0.05) is 20.3 Å². The molecule has 3 nitrogen and oxygen atoms in total. The summed E-state index contributed by atoms with van der Waals surface area (Å²) in [5.74, 6) is 0.562. The number of aromatic nitrogens is 2. The summed E-state index contributed by atoms with van der Waals surface area (Å²) in [5, 5.41) is 0. The first kappa shape index (κ1) is 10.1. The average Bonchev–Trinajstić information content (AvgIpc) is 2.32. The van der Waals surface area contributed by atoms with Crippen LogP contribution in [-0.2, 0) is 6.54 Å². The molecule has 0 aromatic carbocycles. The van der Waals surface area contributed by atoms with Gasteiger partial charge < -0.3 is 4.98 Å². The van der Waals surface area contributed by atoms with Crippen LogP contribution in [0, 0.1) is 19.8 Å². The Hall–Kier alpha value is -0.990. The molecule has 0 saturated heterocycles. The van der Waals surface area contributed by atoms with Gasteiger partial charge >= 0.3 is 5.69 Å². The van der Waals surface area contributed by atoms with Crippen LogP contribution in [-0.4, -0.2) is 9.55 Å². The number of nitrogens with zero attached hydrogens (tertiary/aromatic N) is 1. The summed E-state index contributed by atoms with van der Waals surface area (Å²) in [5.41, 5.74) is 2.06. The zero-order chi connectivity index (χ0) is 10.0. The van der Waals surface area contributed by atoms with Gasteiger partial charge in [0, 0.05) is 17.9 Å². The molecule has 0 aliphatic heterocycles. The topological polar surface area (TPSA) is 37.8 Å². The molecule has 0 aliphatic rings. The molecule has 1 N–H and O–H groups in total. The van der Waals surface area contributed by atoms with Gasteiger partial charge in [-0.3, -0.25) is 4.57 Å². The molecule has 1 heterocycles. The van der Waals surface area contributed by atoms with Gasteiger partial charge in [0.05, 0.1) is 0 Å². The number of aryl methyl sites for hydroxylation is 1. The molecule has 13 heavy (non-hydrogen) atoms. The first-order valence-corrected chi connectivity index (χ1v) is 4.82. The fourth-order valence-electron chi connectivity index (χ4n) is 1.33. The summed E-state index contributed by atoms with van der Waals surface area (Å²) >= 11 is 0. The maximum Gasteiger partial charge on any atom is 0.325 e. The monoisotopic (exact) mass is 182 g/mol. The number of rotatable bonds is 3. The molecule has 0 saturated carbocycles. The molecule has 0 spiro atoms. The van der Waals surface area contributed by atoms with Crippen molar-refractivity contribution < 1.29 is 0 Å². The minimum absolute atomic E-state index is 0.0234. The second-order valence-electron chi connectivity index (χ2n) is 3.76. The molecule has 0 amide bonds. The zero-order valence-electron chi connectivity index (χ0n) is 8.85. The average molecular weight is 182 g/mol. The fraction of sp³-hybridized carbons (Fsp3) is 0.700. The van der Waals surface area contributed by atoms with E-state index in [1.54, 1.807) is 0 Å². The van der Waals surface area contributed by atoms with Gasteiger partial charge in [-0.15, -0.1) is 0 Å². The Morgan fingerprint density at radius 1 is 1.46 bits per heavy atom. The first-order chi connectivity index (χ1) is 6.06. The molecule has 1 atom stereocenters. The molecule has 3 heteroatoms. The zero-order valence-corrected chi connectivity index (χ0v) is 8.85. The highest BCUT2D eigenvalue weighted by Gasteiger charge is 2.08. The molecular weight excluding hydrogens is 164 g/mol. The maximum absolute atomic E-state index is 11.4. The smallest absolute Gasteiger partial charge is 0.310 e. The second-order valence-corrected chi connectivity index (χ2v) is 3.76. The van der Waals surface area contributed by atoms with E-state index in [-0.39, 0.29) is 5.69 Å². The van der Waals surface area contributed by atoms with E-state index in [9.17, 15) is 4.79 Å². The van der Waals surface area contributed by atoms with E-state index in [2.05, 4.69) is 18.8 Å². The van der Waals surface area contributed by atoms with Crippen molar-refractivity contribution in [2.24, 2.45) is 5.92 Å². The summed E-state index contributed by atoms with van der Waals surface area (Å²) in [6.45, 7) is 9.05. The van der Waals surface area contributed by atoms with Crippen molar-refractivity contribution in [3.8, 4) is 0 Å². The van der Waals surface area contributed by atoms with Gasteiger partial charge in [0.15, 0.2) is 0 Å². The molecule has 1 aromatic heterocycles. The second kappa shape index (κ2) is 3.81. The van der Waals surface area contributed by atoms with Gasteiger partial charge in [-0.2, -0.15) is 0 Å². The van der Waals surface area contributed by atoms with E-state index in [1.807, 2.05) is 18.4 Å². The third kappa shape index (κ3) is 2.02. The van der Waals surface area contributed by atoms with Crippen molar-refractivity contribution in [2.45, 2.75) is 40.7 Å². The molecular formula is C10H18N2O. The quantitative estimate of drug-likeness (QED) is 0.761. The lowest BCUT2D eigenvalue weighted by Crippen LogP contribution is -2.21. The van der Waals surface area contributed by atoms with Crippen molar-refractivity contribution in [1.82, 2.24) is 9.55 Å². The van der Waals surface area contributed by atoms with Gasteiger partial charge in [0.1, 0.15) is 0 Å². The van der Waals surface area contributed by atoms with E-state index in [1.165, 1.54) is 0 Å². The molecule has 1 rings (SSSR count). The summed E-state index contributed by atoms with van der Waals surface area (Å²) < 4.78 is 1.82. The van der Waals surface area contributed by atoms with Crippen molar-refractivity contribution in [3.63, 3.8) is 0 Å². The van der Waals surface area contributed by atoms with E-state index in [0.29, 0.717) is 5.92 Å². The van der Waals surface area contributed by atoms with Crippen LogP contribution in [0.15, 0.2) is 4.79 Å². The first-order valence-electron chi connectivity index (χ1n) is 4.82.